The molecule has 3 aromatic rings. The normalized spacial score (nSPS) is 15.7. The lowest BCUT2D eigenvalue weighted by Gasteiger charge is -2.30. The van der Waals surface area contributed by atoms with Crippen LogP contribution in [0.2, 0.25) is 0 Å². The van der Waals surface area contributed by atoms with Crippen LogP contribution >= 0.6 is 0 Å². The number of carbonyl (C=O) groups excluding carboxylic acids is 3. The molecule has 1 aliphatic heterocycles. The molecule has 0 fully saturated rings. The molecule has 210 valence electrons. The van der Waals surface area contributed by atoms with Crippen molar-refractivity contribution in [3.8, 4) is 5.75 Å². The lowest BCUT2D eigenvalue weighted by atomic mass is 10.0. The van der Waals surface area contributed by atoms with E-state index < -0.39 is 47.2 Å². The van der Waals surface area contributed by atoms with E-state index in [1.54, 1.807) is 35.2 Å². The molecule has 0 aliphatic carbocycles. The van der Waals surface area contributed by atoms with Crippen LogP contribution in [0.15, 0.2) is 72.8 Å². The fourth-order valence-corrected chi connectivity index (χ4v) is 4.23. The third-order valence-electron chi connectivity index (χ3n) is 6.30. The topological polar surface area (TPSA) is 91.0 Å². The van der Waals surface area contributed by atoms with Gasteiger partial charge in [0, 0.05) is 18.3 Å². The van der Waals surface area contributed by atoms with Crippen LogP contribution in [0.3, 0.4) is 0 Å². The maximum absolute atomic E-state index is 14.2. The van der Waals surface area contributed by atoms with Gasteiger partial charge in [0.1, 0.15) is 23.1 Å². The molecule has 0 bridgehead atoms. The van der Waals surface area contributed by atoms with E-state index in [1.165, 1.54) is 50.1 Å². The Hall–Kier alpha value is -4.61. The third-order valence-corrected chi connectivity index (χ3v) is 6.30. The van der Waals surface area contributed by atoms with E-state index in [9.17, 15) is 31.9 Å². The van der Waals surface area contributed by atoms with E-state index in [4.69, 9.17) is 0 Å². The Morgan fingerprint density at radius 2 is 1.60 bits per heavy atom. The van der Waals surface area contributed by atoms with Gasteiger partial charge in [-0.3, -0.25) is 14.4 Å². The number of fused-ring (bicyclic) bond motifs is 1. The molecule has 3 amide bonds. The highest BCUT2D eigenvalue weighted by Crippen LogP contribution is 2.38. The molecule has 8 nitrogen and oxygen atoms in total. The van der Waals surface area contributed by atoms with E-state index >= 15 is 0 Å². The highest BCUT2D eigenvalue weighted by molar-refractivity contribution is 6.05. The first-order chi connectivity index (χ1) is 18.7. The summed E-state index contributed by atoms with van der Waals surface area (Å²) in [7, 11) is 1.42. The largest absolute Gasteiger partial charge is 0.573 e. The van der Waals surface area contributed by atoms with Crippen molar-refractivity contribution in [3.05, 3.63) is 84.2 Å². The Bertz CT molecular complexity index is 1410. The zero-order valence-electron chi connectivity index (χ0n) is 21.8. The molecule has 2 N–H and O–H groups in total. The minimum atomic E-state index is -4.87. The van der Waals surface area contributed by atoms with Crippen molar-refractivity contribution in [1.82, 2.24) is 10.6 Å². The smallest absolute Gasteiger partial charge is 0.406 e. The van der Waals surface area contributed by atoms with Crippen LogP contribution in [0, 0.1) is 5.82 Å². The molecule has 0 spiro atoms. The maximum Gasteiger partial charge on any atom is 0.573 e. The van der Waals surface area contributed by atoms with E-state index in [-0.39, 0.29) is 12.2 Å². The van der Waals surface area contributed by atoms with Crippen LogP contribution in [0.25, 0.3) is 0 Å². The summed E-state index contributed by atoms with van der Waals surface area (Å²) >= 11 is 0. The van der Waals surface area contributed by atoms with Crippen LogP contribution in [0.1, 0.15) is 24.2 Å². The molecule has 0 saturated carbocycles. The SMILES string of the molecule is CN1C(=O)[C@H](NC(=O)C(C)(C)NC(=O)c2ccccc2)CN(c2ccc(OC(F)(F)F)cc2)c2ccc(F)cc21. The summed E-state index contributed by atoms with van der Waals surface area (Å²) in [5, 5.41) is 5.33. The van der Waals surface area contributed by atoms with Gasteiger partial charge in [0.05, 0.1) is 17.9 Å². The molecule has 1 atom stereocenters. The van der Waals surface area contributed by atoms with Crippen molar-refractivity contribution in [2.75, 3.05) is 23.4 Å². The van der Waals surface area contributed by atoms with Gasteiger partial charge in [0.15, 0.2) is 0 Å². The zero-order chi connectivity index (χ0) is 29.2. The molecule has 4 rings (SSSR count). The number of ether oxygens (including phenoxy) is 1. The van der Waals surface area contributed by atoms with Gasteiger partial charge in [-0.15, -0.1) is 13.2 Å². The summed E-state index contributed by atoms with van der Waals surface area (Å²) in [6, 6.07) is 15.8. The van der Waals surface area contributed by atoms with Crippen LogP contribution in [-0.2, 0) is 9.59 Å². The Labute approximate surface area is 227 Å². The molecular weight excluding hydrogens is 532 g/mol. The lowest BCUT2D eigenvalue weighted by Crippen LogP contribution is -2.60. The number of amides is 3. The van der Waals surface area contributed by atoms with E-state index in [1.807, 2.05) is 0 Å². The van der Waals surface area contributed by atoms with Gasteiger partial charge in [-0.1, -0.05) is 18.2 Å². The molecule has 3 aromatic carbocycles. The van der Waals surface area contributed by atoms with E-state index in [0.717, 1.165) is 18.2 Å². The number of nitrogens with one attached hydrogen (secondary N) is 2. The second-order valence-corrected chi connectivity index (χ2v) is 9.65. The number of benzene rings is 3. The third kappa shape index (κ3) is 6.33. The van der Waals surface area contributed by atoms with Gasteiger partial charge >= 0.3 is 6.36 Å². The van der Waals surface area contributed by atoms with E-state index in [0.29, 0.717) is 16.9 Å². The van der Waals surface area contributed by atoms with Gasteiger partial charge in [0.25, 0.3) is 11.8 Å². The van der Waals surface area contributed by atoms with Crippen LogP contribution in [0.5, 0.6) is 5.75 Å². The number of nitrogens with zero attached hydrogens (tertiary/aromatic N) is 2. The molecule has 12 heteroatoms. The molecule has 40 heavy (non-hydrogen) atoms. The molecule has 0 unspecified atom stereocenters. The first-order valence-electron chi connectivity index (χ1n) is 12.1. The molecule has 1 heterocycles. The highest BCUT2D eigenvalue weighted by Gasteiger charge is 2.38. The molecule has 0 saturated heterocycles. The van der Waals surface area contributed by atoms with Crippen LogP contribution in [0.4, 0.5) is 34.6 Å². The van der Waals surface area contributed by atoms with Crippen molar-refractivity contribution in [2.24, 2.45) is 0 Å². The van der Waals surface area contributed by atoms with Crippen LogP contribution in [-0.4, -0.2) is 49.3 Å². The number of hydrogen-bond donors (Lipinski definition) is 2. The predicted molar refractivity (Wildman–Crippen MR) is 140 cm³/mol. The average Bonchev–Trinajstić information content (AvgIpc) is 2.99. The van der Waals surface area contributed by atoms with Gasteiger partial charge in [-0.25, -0.2) is 4.39 Å². The fourth-order valence-electron chi connectivity index (χ4n) is 4.23. The first kappa shape index (κ1) is 28.4. The molecule has 1 aliphatic rings. The molecule has 0 aromatic heterocycles. The van der Waals surface area contributed by atoms with Gasteiger partial charge in [-0.05, 0) is 68.4 Å². The standard InChI is InChI=1S/C28H26F4N4O4/c1-27(2,34-24(37)17-7-5-4-6-8-17)26(39)33-21-16-36(19-10-12-20(13-11-19)40-28(30,31)32)22-14-9-18(29)15-23(22)35(3)25(21)38/h4-15,21H,16H2,1-3H3,(H,33,39)(H,34,37)/t21-/m1/s1. The Balaban J connectivity index is 1.62. The number of alkyl halides is 3. The van der Waals surface area contributed by atoms with Gasteiger partial charge in [-0.2, -0.15) is 0 Å². The fraction of sp³-hybridized carbons (Fsp3) is 0.250. The Morgan fingerprint density at radius 3 is 2.23 bits per heavy atom. The number of carbonyl (C=O) groups is 3. The Kier molecular flexibility index (Phi) is 7.72. The number of halogens is 4. The molecule has 0 radical (unpaired) electrons. The number of anilines is 3. The van der Waals surface area contributed by atoms with Crippen molar-refractivity contribution < 1.29 is 36.7 Å². The second kappa shape index (κ2) is 10.9. The summed E-state index contributed by atoms with van der Waals surface area (Å²) in [6.07, 6.45) is -4.87. The van der Waals surface area contributed by atoms with Crippen molar-refractivity contribution in [2.45, 2.75) is 31.8 Å². The maximum atomic E-state index is 14.2. The number of likely N-dealkylation sites (N-methyl/N-ethyl adjacent to an activating group) is 1. The second-order valence-electron chi connectivity index (χ2n) is 9.65. The minimum Gasteiger partial charge on any atom is -0.406 e. The van der Waals surface area contributed by atoms with Crippen molar-refractivity contribution in [1.29, 1.82) is 0 Å². The van der Waals surface area contributed by atoms with Gasteiger partial charge < -0.3 is 25.2 Å². The van der Waals surface area contributed by atoms with Gasteiger partial charge in [0.2, 0.25) is 5.91 Å². The molecular formula is C28H26F4N4O4. The summed E-state index contributed by atoms with van der Waals surface area (Å²) in [5.74, 6) is -2.77. The summed E-state index contributed by atoms with van der Waals surface area (Å²) < 4.78 is 56.1. The minimum absolute atomic E-state index is 0.143. The Morgan fingerprint density at radius 1 is 0.950 bits per heavy atom. The van der Waals surface area contributed by atoms with Crippen molar-refractivity contribution >= 4 is 34.8 Å². The number of hydrogen-bond acceptors (Lipinski definition) is 5. The highest BCUT2D eigenvalue weighted by atomic mass is 19.4. The van der Waals surface area contributed by atoms with Crippen LogP contribution < -0.4 is 25.2 Å². The summed E-state index contributed by atoms with van der Waals surface area (Å²) in [6.45, 7) is 2.82. The van der Waals surface area contributed by atoms with E-state index in [2.05, 4.69) is 15.4 Å². The summed E-state index contributed by atoms with van der Waals surface area (Å²) in [5.41, 5.74) is -0.154. The monoisotopic (exact) mass is 558 g/mol. The zero-order valence-corrected chi connectivity index (χ0v) is 21.8. The lowest BCUT2D eigenvalue weighted by molar-refractivity contribution is -0.274. The average molecular weight is 559 g/mol. The van der Waals surface area contributed by atoms with Crippen molar-refractivity contribution in [3.63, 3.8) is 0 Å². The summed E-state index contributed by atoms with van der Waals surface area (Å²) in [4.78, 5) is 42.2. The quantitative estimate of drug-likeness (QED) is 0.434. The number of rotatable bonds is 6. The predicted octanol–water partition coefficient (Wildman–Crippen LogP) is 4.53. The first-order valence-corrected chi connectivity index (χ1v) is 12.1.